The molecule has 1 aromatic carbocycles. The summed E-state index contributed by atoms with van der Waals surface area (Å²) in [6.45, 7) is 0. The number of anilines is 1. The van der Waals surface area contributed by atoms with Crippen LogP contribution in [0.15, 0.2) is 35.6 Å². The Balaban J connectivity index is 2.82. The van der Waals surface area contributed by atoms with Gasteiger partial charge in [-0.1, -0.05) is 18.2 Å². The lowest BCUT2D eigenvalue weighted by molar-refractivity contribution is 0.168. The monoisotopic (exact) mass is 152 g/mol. The summed E-state index contributed by atoms with van der Waals surface area (Å²) in [6.07, 6.45) is 0. The van der Waals surface area contributed by atoms with Crippen molar-refractivity contribution in [2.75, 3.05) is 12.3 Å². The number of hydrogen-bond acceptors (Lipinski definition) is 3. The Hall–Kier alpha value is -1.42. The summed E-state index contributed by atoms with van der Waals surface area (Å²) in [5, 5.41) is 3.54. The molecule has 0 aliphatic rings. The average molecular weight is 152 g/mol. The van der Waals surface area contributed by atoms with E-state index in [0.717, 1.165) is 5.17 Å². The van der Waals surface area contributed by atoms with Gasteiger partial charge in [0.05, 0.1) is 18.1 Å². The number of nitrogens with zero attached hydrogens (tertiary/aromatic N) is 2. The van der Waals surface area contributed by atoms with Gasteiger partial charge in [-0.05, 0) is 12.1 Å². The first-order valence-electron chi connectivity index (χ1n) is 3.11. The van der Waals surface area contributed by atoms with Gasteiger partial charge < -0.3 is 0 Å². The second-order valence-corrected chi connectivity index (χ2v) is 1.87. The second kappa shape index (κ2) is 3.68. The summed E-state index contributed by atoms with van der Waals surface area (Å²) in [5.74, 6) is 0. The Morgan fingerprint density at radius 2 is 2.00 bits per heavy atom. The lowest BCUT2D eigenvalue weighted by atomic mass is 10.3. The molecular formula is C7H8N2O2. The first-order valence-corrected chi connectivity index (χ1v) is 3.11. The third-order valence-electron chi connectivity index (χ3n) is 1.22. The molecule has 0 aliphatic heterocycles. The quantitative estimate of drug-likeness (QED) is 0.489. The van der Waals surface area contributed by atoms with Gasteiger partial charge in [0, 0.05) is 0 Å². The molecule has 0 N–H and O–H groups in total. The van der Waals surface area contributed by atoms with Gasteiger partial charge in [-0.3, -0.25) is 4.84 Å². The van der Waals surface area contributed by atoms with Crippen LogP contribution in [0.4, 0.5) is 5.69 Å². The summed E-state index contributed by atoms with van der Waals surface area (Å²) in [6, 6.07) is 8.90. The van der Waals surface area contributed by atoms with E-state index in [-0.39, 0.29) is 0 Å². The molecule has 0 atom stereocenters. The molecule has 0 amide bonds. The van der Waals surface area contributed by atoms with E-state index in [1.807, 2.05) is 6.07 Å². The fraction of sp³-hybridized carbons (Fsp3) is 0.143. The predicted molar refractivity (Wildman–Crippen MR) is 41.7 cm³/mol. The normalized spacial score (nSPS) is 9.18. The lowest BCUT2D eigenvalue weighted by Crippen LogP contribution is -2.12. The highest BCUT2D eigenvalue weighted by Crippen LogP contribution is 2.12. The van der Waals surface area contributed by atoms with Gasteiger partial charge in [0.25, 0.3) is 0 Å². The van der Waals surface area contributed by atoms with E-state index in [2.05, 4.69) is 10.1 Å². The van der Waals surface area contributed by atoms with Crippen molar-refractivity contribution >= 4 is 5.69 Å². The zero-order chi connectivity index (χ0) is 8.10. The van der Waals surface area contributed by atoms with E-state index in [1.165, 1.54) is 7.11 Å². The smallest absolute Gasteiger partial charge is 0.0934 e. The number of benzene rings is 1. The molecule has 0 fully saturated rings. The van der Waals surface area contributed by atoms with Crippen LogP contribution in [0.3, 0.4) is 0 Å². The molecule has 0 aliphatic carbocycles. The van der Waals surface area contributed by atoms with Gasteiger partial charge in [0.1, 0.15) is 0 Å². The molecule has 0 saturated carbocycles. The molecule has 0 unspecified atom stereocenters. The molecule has 1 rings (SSSR count). The Morgan fingerprint density at radius 1 is 1.36 bits per heavy atom. The molecule has 58 valence electrons. The minimum absolute atomic E-state index is 0.616. The summed E-state index contributed by atoms with van der Waals surface area (Å²) in [7, 11) is 1.38. The van der Waals surface area contributed by atoms with Crippen LogP contribution in [0.2, 0.25) is 0 Å². The average Bonchev–Trinajstić information content (AvgIpc) is 2.09. The van der Waals surface area contributed by atoms with Crippen LogP contribution in [0, 0.1) is 4.91 Å². The zero-order valence-corrected chi connectivity index (χ0v) is 6.10. The van der Waals surface area contributed by atoms with Crippen molar-refractivity contribution in [2.24, 2.45) is 5.29 Å². The van der Waals surface area contributed by atoms with Gasteiger partial charge in [-0.25, -0.2) is 0 Å². The molecule has 0 heterocycles. The fourth-order valence-corrected chi connectivity index (χ4v) is 0.741. The third-order valence-corrected chi connectivity index (χ3v) is 1.22. The fourth-order valence-electron chi connectivity index (χ4n) is 0.741. The van der Waals surface area contributed by atoms with Gasteiger partial charge in [-0.2, -0.15) is 0 Å². The largest absolute Gasteiger partial charge is 0.253 e. The predicted octanol–water partition coefficient (Wildman–Crippen LogP) is 1.74. The van der Waals surface area contributed by atoms with E-state index >= 15 is 0 Å². The van der Waals surface area contributed by atoms with Crippen LogP contribution in [-0.4, -0.2) is 7.11 Å². The maximum Gasteiger partial charge on any atom is 0.0934 e. The van der Waals surface area contributed by atoms with Gasteiger partial charge >= 0.3 is 0 Å². The number of hydrogen-bond donors (Lipinski definition) is 0. The minimum atomic E-state index is 0.616. The van der Waals surface area contributed by atoms with E-state index in [0.29, 0.717) is 5.69 Å². The van der Waals surface area contributed by atoms with Crippen LogP contribution in [0.5, 0.6) is 0 Å². The van der Waals surface area contributed by atoms with Crippen molar-refractivity contribution in [3.05, 3.63) is 35.2 Å². The molecule has 0 radical (unpaired) electrons. The van der Waals surface area contributed by atoms with Crippen LogP contribution >= 0.6 is 0 Å². The SMILES string of the molecule is CON(N=O)c1ccccc1. The van der Waals surface area contributed by atoms with Gasteiger partial charge in [0.2, 0.25) is 0 Å². The standard InChI is InChI=1S/C7H8N2O2/c1-11-9(8-10)7-5-3-2-4-6-7/h2-6H,1H3. The number of para-hydroxylation sites is 1. The molecule has 0 bridgehead atoms. The van der Waals surface area contributed by atoms with Gasteiger partial charge in [0.15, 0.2) is 0 Å². The van der Waals surface area contributed by atoms with Crippen LogP contribution in [-0.2, 0) is 4.84 Å². The minimum Gasteiger partial charge on any atom is -0.253 e. The van der Waals surface area contributed by atoms with Gasteiger partial charge in [-0.15, -0.1) is 10.1 Å². The second-order valence-electron chi connectivity index (χ2n) is 1.87. The van der Waals surface area contributed by atoms with Crippen molar-refractivity contribution in [3.63, 3.8) is 0 Å². The molecule has 0 saturated heterocycles. The first-order chi connectivity index (χ1) is 5.38. The Labute approximate surface area is 64.3 Å². The van der Waals surface area contributed by atoms with E-state index in [4.69, 9.17) is 0 Å². The van der Waals surface area contributed by atoms with Crippen LogP contribution in [0.1, 0.15) is 0 Å². The third kappa shape index (κ3) is 1.75. The highest BCUT2D eigenvalue weighted by atomic mass is 16.7. The zero-order valence-electron chi connectivity index (χ0n) is 6.10. The maximum atomic E-state index is 10.1. The van der Waals surface area contributed by atoms with E-state index in [9.17, 15) is 4.91 Å². The topological polar surface area (TPSA) is 41.9 Å². The van der Waals surface area contributed by atoms with Crippen LogP contribution < -0.4 is 5.17 Å². The van der Waals surface area contributed by atoms with Crippen molar-refractivity contribution in [2.45, 2.75) is 0 Å². The Kier molecular flexibility index (Phi) is 2.57. The molecular weight excluding hydrogens is 144 g/mol. The first kappa shape index (κ1) is 7.68. The van der Waals surface area contributed by atoms with Crippen molar-refractivity contribution < 1.29 is 4.84 Å². The summed E-state index contributed by atoms with van der Waals surface area (Å²) >= 11 is 0. The molecule has 0 aromatic heterocycles. The lowest BCUT2D eigenvalue weighted by Gasteiger charge is -2.09. The highest BCUT2D eigenvalue weighted by molar-refractivity contribution is 5.42. The number of nitroso groups, excluding NO2 is 1. The van der Waals surface area contributed by atoms with Crippen molar-refractivity contribution in [3.8, 4) is 0 Å². The Morgan fingerprint density at radius 3 is 2.45 bits per heavy atom. The summed E-state index contributed by atoms with van der Waals surface area (Å²) < 4.78 is 0. The van der Waals surface area contributed by atoms with Crippen molar-refractivity contribution in [1.29, 1.82) is 0 Å². The summed E-state index contributed by atoms with van der Waals surface area (Å²) in [5.41, 5.74) is 0.616. The molecule has 4 heteroatoms. The summed E-state index contributed by atoms with van der Waals surface area (Å²) in [4.78, 5) is 14.7. The molecule has 0 spiro atoms. The van der Waals surface area contributed by atoms with Crippen molar-refractivity contribution in [1.82, 2.24) is 0 Å². The van der Waals surface area contributed by atoms with E-state index in [1.54, 1.807) is 24.3 Å². The molecule has 11 heavy (non-hydrogen) atoms. The number of rotatable bonds is 3. The molecule has 4 nitrogen and oxygen atoms in total. The van der Waals surface area contributed by atoms with E-state index < -0.39 is 0 Å². The molecule has 1 aromatic rings. The van der Waals surface area contributed by atoms with Crippen LogP contribution in [0.25, 0.3) is 0 Å². The Bertz CT molecular complexity index is 225. The maximum absolute atomic E-state index is 10.1. The highest BCUT2D eigenvalue weighted by Gasteiger charge is 2.01.